The number of hydrogen-bond acceptors (Lipinski definition) is 5. The minimum atomic E-state index is -0.590. The highest BCUT2D eigenvalue weighted by Crippen LogP contribution is 2.26. The van der Waals surface area contributed by atoms with Crippen LogP contribution in [0.25, 0.3) is 0 Å². The van der Waals surface area contributed by atoms with Crippen molar-refractivity contribution in [3.05, 3.63) is 23.8 Å². The van der Waals surface area contributed by atoms with Crippen LogP contribution < -0.4 is 9.47 Å². The maximum absolute atomic E-state index is 8.77. The van der Waals surface area contributed by atoms with Crippen molar-refractivity contribution in [2.24, 2.45) is 5.16 Å². The number of oxime groups is 1. The zero-order valence-corrected chi connectivity index (χ0v) is 9.97. The number of methoxy groups -OCH3 is 1. The van der Waals surface area contributed by atoms with E-state index < -0.39 is 6.10 Å². The van der Waals surface area contributed by atoms with Crippen LogP contribution in [-0.4, -0.2) is 24.1 Å². The molecule has 1 aromatic carbocycles. The van der Waals surface area contributed by atoms with Gasteiger partial charge in [0.15, 0.2) is 6.10 Å². The molecule has 0 amide bonds. The van der Waals surface area contributed by atoms with Crippen molar-refractivity contribution < 1.29 is 14.7 Å². The highest BCUT2D eigenvalue weighted by molar-refractivity contribution is 6.00. The molecule has 0 aliphatic carbocycles. The van der Waals surface area contributed by atoms with Crippen LogP contribution in [0.3, 0.4) is 0 Å². The quantitative estimate of drug-likeness (QED) is 0.492. The first-order valence-electron chi connectivity index (χ1n) is 5.05. The second kappa shape index (κ2) is 5.75. The highest BCUT2D eigenvalue weighted by atomic mass is 16.5. The normalized spacial score (nSPS) is 12.7. The van der Waals surface area contributed by atoms with Gasteiger partial charge < -0.3 is 14.7 Å². The molecule has 0 saturated heterocycles. The van der Waals surface area contributed by atoms with Crippen molar-refractivity contribution in [2.75, 3.05) is 7.11 Å². The van der Waals surface area contributed by atoms with Gasteiger partial charge in [-0.25, -0.2) is 0 Å². The molecule has 0 aromatic heterocycles. The Kier molecular flexibility index (Phi) is 4.35. The molecule has 0 bridgehead atoms. The lowest BCUT2D eigenvalue weighted by Gasteiger charge is -2.13. The summed E-state index contributed by atoms with van der Waals surface area (Å²) in [5.41, 5.74) is 1.03. The number of rotatable bonds is 4. The molecule has 0 heterocycles. The van der Waals surface area contributed by atoms with E-state index in [0.717, 1.165) is 0 Å². The van der Waals surface area contributed by atoms with E-state index in [1.165, 1.54) is 0 Å². The Hall–Kier alpha value is -2.22. The molecule has 1 atom stereocenters. The fraction of sp³-hybridized carbons (Fsp3) is 0.333. The minimum absolute atomic E-state index is 0.410. The van der Waals surface area contributed by atoms with Gasteiger partial charge in [0.1, 0.15) is 17.6 Å². The topological polar surface area (TPSA) is 74.8 Å². The van der Waals surface area contributed by atoms with Gasteiger partial charge in [-0.3, -0.25) is 0 Å². The van der Waals surface area contributed by atoms with Crippen LogP contribution in [0.1, 0.15) is 19.4 Å². The molecule has 17 heavy (non-hydrogen) atoms. The maximum atomic E-state index is 8.77. The van der Waals surface area contributed by atoms with Crippen LogP contribution in [0.2, 0.25) is 0 Å². The number of benzene rings is 1. The van der Waals surface area contributed by atoms with E-state index in [1.807, 2.05) is 6.07 Å². The molecule has 0 aliphatic rings. The molecule has 0 spiro atoms. The van der Waals surface area contributed by atoms with Crippen molar-refractivity contribution in [2.45, 2.75) is 20.0 Å². The molecular formula is C12H14N2O3. The van der Waals surface area contributed by atoms with Crippen molar-refractivity contribution >= 4 is 5.71 Å². The Labute approximate surface area is 99.9 Å². The molecule has 0 radical (unpaired) electrons. The van der Waals surface area contributed by atoms with E-state index in [4.69, 9.17) is 19.9 Å². The van der Waals surface area contributed by atoms with E-state index in [0.29, 0.717) is 22.8 Å². The lowest BCUT2D eigenvalue weighted by Crippen LogP contribution is -2.11. The first kappa shape index (κ1) is 12.8. The van der Waals surface area contributed by atoms with Crippen molar-refractivity contribution in [1.29, 1.82) is 5.26 Å². The number of hydrogen-bond donors (Lipinski definition) is 1. The summed E-state index contributed by atoms with van der Waals surface area (Å²) in [6.07, 6.45) is -0.590. The van der Waals surface area contributed by atoms with Gasteiger partial charge in [-0.05, 0) is 26.0 Å². The van der Waals surface area contributed by atoms with Gasteiger partial charge in [0, 0.05) is 11.6 Å². The largest absolute Gasteiger partial charge is 0.497 e. The molecule has 1 rings (SSSR count). The number of nitriles is 1. The molecular weight excluding hydrogens is 220 g/mol. The number of nitrogens with zero attached hydrogens (tertiary/aromatic N) is 2. The monoisotopic (exact) mass is 234 g/mol. The minimum Gasteiger partial charge on any atom is -0.497 e. The molecule has 0 aliphatic heterocycles. The second-order valence-corrected chi connectivity index (χ2v) is 3.44. The summed E-state index contributed by atoms with van der Waals surface area (Å²) in [5, 5.41) is 20.6. The third-order valence-electron chi connectivity index (χ3n) is 2.21. The van der Waals surface area contributed by atoms with Crippen molar-refractivity contribution in [3.8, 4) is 17.6 Å². The fourth-order valence-electron chi connectivity index (χ4n) is 1.30. The first-order valence-corrected chi connectivity index (χ1v) is 5.05. The fourth-order valence-corrected chi connectivity index (χ4v) is 1.30. The lowest BCUT2D eigenvalue weighted by atomic mass is 10.1. The van der Waals surface area contributed by atoms with Gasteiger partial charge in [-0.15, -0.1) is 0 Å². The van der Waals surface area contributed by atoms with Gasteiger partial charge in [0.05, 0.1) is 12.8 Å². The maximum Gasteiger partial charge on any atom is 0.181 e. The highest BCUT2D eigenvalue weighted by Gasteiger charge is 2.11. The van der Waals surface area contributed by atoms with Gasteiger partial charge in [-0.1, -0.05) is 5.16 Å². The molecule has 0 fully saturated rings. The summed E-state index contributed by atoms with van der Waals surface area (Å²) in [5.74, 6) is 1.06. The zero-order valence-electron chi connectivity index (χ0n) is 9.97. The summed E-state index contributed by atoms with van der Waals surface area (Å²) < 4.78 is 10.5. The Morgan fingerprint density at radius 3 is 2.76 bits per heavy atom. The van der Waals surface area contributed by atoms with Crippen LogP contribution in [0.15, 0.2) is 23.4 Å². The Bertz CT molecular complexity index is 463. The van der Waals surface area contributed by atoms with Gasteiger partial charge in [0.2, 0.25) is 0 Å². The predicted molar refractivity (Wildman–Crippen MR) is 62.7 cm³/mol. The molecule has 1 N–H and O–H groups in total. The zero-order chi connectivity index (χ0) is 12.8. The van der Waals surface area contributed by atoms with Gasteiger partial charge >= 0.3 is 0 Å². The van der Waals surface area contributed by atoms with Crippen LogP contribution in [-0.2, 0) is 0 Å². The van der Waals surface area contributed by atoms with Crippen molar-refractivity contribution in [3.63, 3.8) is 0 Å². The summed E-state index contributed by atoms with van der Waals surface area (Å²) in [6, 6.07) is 7.07. The van der Waals surface area contributed by atoms with E-state index in [9.17, 15) is 0 Å². The molecule has 90 valence electrons. The standard InChI is InChI=1S/C12H14N2O3/c1-8(7-13)17-12-6-10(16-3)4-5-11(12)9(2)14-15/h4-6,8,15H,1-3H3/b14-9+. The van der Waals surface area contributed by atoms with E-state index in [-0.39, 0.29) is 0 Å². The average molecular weight is 234 g/mol. The molecule has 0 saturated carbocycles. The van der Waals surface area contributed by atoms with Crippen LogP contribution in [0.4, 0.5) is 0 Å². The Morgan fingerprint density at radius 1 is 1.53 bits per heavy atom. The average Bonchev–Trinajstić information content (AvgIpc) is 2.37. The lowest BCUT2D eigenvalue weighted by molar-refractivity contribution is 0.273. The Balaban J connectivity index is 3.17. The predicted octanol–water partition coefficient (Wildman–Crippen LogP) is 2.18. The molecule has 1 unspecified atom stereocenters. The van der Waals surface area contributed by atoms with Crippen LogP contribution in [0, 0.1) is 11.3 Å². The summed E-state index contributed by atoms with van der Waals surface area (Å²) in [7, 11) is 1.54. The smallest absolute Gasteiger partial charge is 0.181 e. The SMILES string of the molecule is COc1ccc(/C(C)=N/O)c(OC(C)C#N)c1. The second-order valence-electron chi connectivity index (χ2n) is 3.44. The van der Waals surface area contributed by atoms with Crippen LogP contribution >= 0.6 is 0 Å². The molecule has 5 nitrogen and oxygen atoms in total. The van der Waals surface area contributed by atoms with Crippen molar-refractivity contribution in [1.82, 2.24) is 0 Å². The first-order chi connectivity index (χ1) is 8.12. The van der Waals surface area contributed by atoms with E-state index in [2.05, 4.69) is 5.16 Å². The summed E-state index contributed by atoms with van der Waals surface area (Å²) in [6.45, 7) is 3.28. The summed E-state index contributed by atoms with van der Waals surface area (Å²) >= 11 is 0. The van der Waals surface area contributed by atoms with E-state index >= 15 is 0 Å². The third kappa shape index (κ3) is 3.11. The van der Waals surface area contributed by atoms with Gasteiger partial charge in [-0.2, -0.15) is 5.26 Å². The summed E-state index contributed by atoms with van der Waals surface area (Å²) in [4.78, 5) is 0. The number of ether oxygens (including phenoxy) is 2. The molecule has 5 heteroatoms. The van der Waals surface area contributed by atoms with Gasteiger partial charge in [0.25, 0.3) is 0 Å². The third-order valence-corrected chi connectivity index (χ3v) is 2.21. The molecule has 1 aromatic rings. The van der Waals surface area contributed by atoms with Crippen LogP contribution in [0.5, 0.6) is 11.5 Å². The van der Waals surface area contributed by atoms with E-state index in [1.54, 1.807) is 39.2 Å². The Morgan fingerprint density at radius 2 is 2.24 bits per heavy atom.